The summed E-state index contributed by atoms with van der Waals surface area (Å²) in [4.78, 5) is 4.25. The Balaban J connectivity index is 0.00000306. The van der Waals surface area contributed by atoms with Crippen LogP contribution in [0.15, 0.2) is 72.3 Å². The number of allylic oxidation sites excluding steroid dienone is 2. The van der Waals surface area contributed by atoms with Crippen LogP contribution in [-0.2, 0) is 21.1 Å². The number of alkyl halides is 6. The Bertz CT molecular complexity index is 910. The van der Waals surface area contributed by atoms with Crippen LogP contribution in [0.25, 0.3) is 0 Å². The van der Waals surface area contributed by atoms with E-state index in [0.717, 1.165) is 22.2 Å². The fourth-order valence-corrected chi connectivity index (χ4v) is 3.30. The Morgan fingerprint density at radius 2 is 1.06 bits per heavy atom. The number of rotatable bonds is 5. The van der Waals surface area contributed by atoms with Crippen molar-refractivity contribution in [1.29, 1.82) is 0 Å². The van der Waals surface area contributed by atoms with Crippen molar-refractivity contribution in [3.05, 3.63) is 97.8 Å². The summed E-state index contributed by atoms with van der Waals surface area (Å²) in [5, 5.41) is 0. The van der Waals surface area contributed by atoms with Gasteiger partial charge in [-0.1, -0.05) is 0 Å². The molecule has 11 heteroatoms. The maximum Gasteiger partial charge on any atom is 4.00 e. The van der Waals surface area contributed by atoms with Crippen LogP contribution in [0.3, 0.4) is 0 Å². The third kappa shape index (κ3) is 5.66. The van der Waals surface area contributed by atoms with E-state index in [4.69, 9.17) is 0 Å². The van der Waals surface area contributed by atoms with Crippen molar-refractivity contribution in [2.45, 2.75) is 12.4 Å². The summed E-state index contributed by atoms with van der Waals surface area (Å²) in [5.74, 6) is 0. The van der Waals surface area contributed by atoms with Crippen molar-refractivity contribution in [2.75, 3.05) is 22.9 Å². The number of hydrogen-bond donors (Lipinski definition) is 0. The summed E-state index contributed by atoms with van der Waals surface area (Å²) in [6.45, 7) is 1.74. The van der Waals surface area contributed by atoms with Crippen LogP contribution in [0, 0.1) is 25.5 Å². The van der Waals surface area contributed by atoms with E-state index >= 15 is 0 Å². The molecule has 33 heavy (non-hydrogen) atoms. The maximum atomic E-state index is 13.6. The van der Waals surface area contributed by atoms with Crippen molar-refractivity contribution in [1.82, 2.24) is 9.80 Å². The minimum Gasteiger partial charge on any atom is -0.500 e. The van der Waals surface area contributed by atoms with Gasteiger partial charge in [-0.3, -0.25) is 0 Å². The second-order valence-corrected chi connectivity index (χ2v) is 6.95. The van der Waals surface area contributed by atoms with Crippen LogP contribution < -0.4 is 9.80 Å². The molecule has 0 amide bonds. The van der Waals surface area contributed by atoms with Gasteiger partial charge in [0.05, 0.1) is 0 Å². The summed E-state index contributed by atoms with van der Waals surface area (Å²) >= 11 is 0. The van der Waals surface area contributed by atoms with Gasteiger partial charge in [-0.15, -0.1) is 11.4 Å². The van der Waals surface area contributed by atoms with E-state index in [1.807, 2.05) is 0 Å². The third-order valence-electron chi connectivity index (χ3n) is 4.77. The number of hydrogen-bond acceptors (Lipinski definition) is 4. The molecule has 0 saturated carbocycles. The molecule has 0 radical (unpaired) electrons. The second-order valence-electron chi connectivity index (χ2n) is 6.95. The van der Waals surface area contributed by atoms with E-state index in [2.05, 4.69) is 12.1 Å². The topological polar surface area (TPSA) is 13.0 Å². The predicted molar refractivity (Wildman–Crippen MR) is 106 cm³/mol. The molecule has 0 bridgehead atoms. The quantitative estimate of drug-likeness (QED) is 0.325. The molecule has 0 unspecified atom stereocenters. The molecular weight excluding hydrogens is 629 g/mol. The molecule has 0 spiro atoms. The molecule has 0 aromatic heterocycles. The van der Waals surface area contributed by atoms with Crippen molar-refractivity contribution < 1.29 is 47.4 Å². The smallest absolute Gasteiger partial charge is 0.500 e. The van der Waals surface area contributed by atoms with Gasteiger partial charge in [-0.05, 0) is 0 Å². The van der Waals surface area contributed by atoms with Gasteiger partial charge in [-0.25, -0.2) is 0 Å². The van der Waals surface area contributed by atoms with Gasteiger partial charge in [-0.2, -0.15) is 100 Å². The van der Waals surface area contributed by atoms with E-state index in [-0.39, 0.29) is 34.2 Å². The molecule has 2 aliphatic heterocycles. The summed E-state index contributed by atoms with van der Waals surface area (Å²) in [5.41, 5.74) is -1.18. The zero-order chi connectivity index (χ0) is 22.9. The molecule has 2 aliphatic rings. The Morgan fingerprint density at radius 1 is 0.667 bits per heavy atom. The van der Waals surface area contributed by atoms with Crippen LogP contribution in [0.1, 0.15) is 0 Å². The fraction of sp³-hybridized carbons (Fsp3) is 0.182. The number of anilines is 2. The Kier molecular flexibility index (Phi) is 7.36. The predicted octanol–water partition coefficient (Wildman–Crippen LogP) is 5.27. The first-order valence-electron chi connectivity index (χ1n) is 9.44. The molecule has 2 aromatic rings. The molecule has 4 nitrogen and oxygen atoms in total. The summed E-state index contributed by atoms with van der Waals surface area (Å²) in [6, 6.07) is 18.6. The third-order valence-corrected chi connectivity index (χ3v) is 4.77. The van der Waals surface area contributed by atoms with Crippen LogP contribution in [0.5, 0.6) is 0 Å². The summed E-state index contributed by atoms with van der Waals surface area (Å²) in [7, 11) is 0. The van der Waals surface area contributed by atoms with Crippen LogP contribution in [0.4, 0.5) is 37.7 Å². The molecule has 2 heterocycles. The molecular formula is C22H16F6N4Pt. The average molecular weight is 645 g/mol. The Morgan fingerprint density at radius 3 is 1.36 bits per heavy atom. The first-order chi connectivity index (χ1) is 15.1. The first kappa shape index (κ1) is 25.0. The average Bonchev–Trinajstić information content (AvgIpc) is 3.38. The van der Waals surface area contributed by atoms with Gasteiger partial charge < -0.3 is 19.6 Å². The second kappa shape index (κ2) is 9.71. The number of benzene rings is 2. The Labute approximate surface area is 201 Å². The Hall–Kier alpha value is -2.61. The van der Waals surface area contributed by atoms with Crippen molar-refractivity contribution in [3.8, 4) is 0 Å². The minimum absolute atomic E-state index is 0. The summed E-state index contributed by atoms with van der Waals surface area (Å²) < 4.78 is 81.3. The van der Waals surface area contributed by atoms with E-state index in [1.165, 1.54) is 23.1 Å². The number of para-hydroxylation sites is 2. The van der Waals surface area contributed by atoms with Gasteiger partial charge in [0.25, 0.3) is 0 Å². The molecule has 176 valence electrons. The largest absolute Gasteiger partial charge is 4.00 e. The zero-order valence-electron chi connectivity index (χ0n) is 16.7. The van der Waals surface area contributed by atoms with Gasteiger partial charge in [0, 0.05) is 25.5 Å². The number of halogens is 6. The van der Waals surface area contributed by atoms with Crippen LogP contribution in [0.2, 0.25) is 0 Å². The maximum absolute atomic E-state index is 13.6. The fourth-order valence-electron chi connectivity index (χ4n) is 3.30. The van der Waals surface area contributed by atoms with Gasteiger partial charge in [0.15, 0.2) is 0 Å². The molecule has 2 aromatic carbocycles. The minimum atomic E-state index is -4.68. The summed E-state index contributed by atoms with van der Waals surface area (Å²) in [6.07, 6.45) is -7.57. The molecule has 0 fully saturated rings. The van der Waals surface area contributed by atoms with Gasteiger partial charge in [0.2, 0.25) is 0 Å². The van der Waals surface area contributed by atoms with E-state index in [1.54, 1.807) is 48.5 Å². The van der Waals surface area contributed by atoms with E-state index in [9.17, 15) is 26.3 Å². The molecule has 4 rings (SSSR count). The number of nitrogens with zero attached hydrogens (tertiary/aromatic N) is 4. The van der Waals surface area contributed by atoms with Crippen molar-refractivity contribution in [3.63, 3.8) is 0 Å². The molecule has 0 saturated heterocycles. The monoisotopic (exact) mass is 645 g/mol. The van der Waals surface area contributed by atoms with Gasteiger partial charge >= 0.3 is 33.4 Å². The standard InChI is InChI=1S/C22H16F6N4.Pt/c23-21(24,25)19-13-31(17-7-3-1-4-8-17)15-29(19)11-12-30-16-32(14-20(30)22(26,27)28)18-9-5-2-6-10-18;/h1-7,9,13-16H,11-12H2;/q-4;+4. The van der Waals surface area contributed by atoms with Gasteiger partial charge in [0.1, 0.15) is 11.4 Å². The molecule has 0 atom stereocenters. The normalized spacial score (nSPS) is 16.7. The van der Waals surface area contributed by atoms with Crippen molar-refractivity contribution >= 4 is 11.4 Å². The molecule has 0 N–H and O–H groups in total. The molecule has 0 aliphatic carbocycles. The zero-order valence-corrected chi connectivity index (χ0v) is 19.0. The van der Waals surface area contributed by atoms with E-state index in [0.29, 0.717) is 11.4 Å². The first-order valence-corrected chi connectivity index (χ1v) is 9.44. The van der Waals surface area contributed by atoms with Crippen LogP contribution in [-0.4, -0.2) is 35.2 Å². The van der Waals surface area contributed by atoms with Crippen LogP contribution >= 0.6 is 0 Å². The SMILES string of the molecule is FC(F)(F)C1=CN(c2[c-]cccc2)[CH-]N1CCN1[CH-]N(c2[c-]cccc2)C=C1C(F)(F)F.[Pt+4]. The van der Waals surface area contributed by atoms with E-state index < -0.39 is 23.7 Å². The van der Waals surface area contributed by atoms with Crippen molar-refractivity contribution in [2.24, 2.45) is 0 Å².